The van der Waals surface area contributed by atoms with Gasteiger partial charge >= 0.3 is 34.2 Å². The molecule has 2 heterocycles. The zero-order valence-electron chi connectivity index (χ0n) is 30.3. The van der Waals surface area contributed by atoms with E-state index in [0.29, 0.717) is 29.6 Å². The van der Waals surface area contributed by atoms with Crippen LogP contribution in [-0.4, -0.2) is 83.3 Å². The molecule has 0 unspecified atom stereocenters. The Hall–Kier alpha value is -5.52. The first-order valence-electron chi connectivity index (χ1n) is 16.0. The number of aromatic nitrogens is 4. The van der Waals surface area contributed by atoms with E-state index in [4.69, 9.17) is 20.8 Å². The van der Waals surface area contributed by atoms with Crippen LogP contribution in [0.15, 0.2) is 103 Å². The highest BCUT2D eigenvalue weighted by molar-refractivity contribution is 7.95. The van der Waals surface area contributed by atoms with Crippen LogP contribution in [0.1, 0.15) is 15.9 Å². The van der Waals surface area contributed by atoms with Gasteiger partial charge in [-0.25, -0.2) is 32.5 Å². The number of hydrogen-bond donors (Lipinski definition) is 8. The van der Waals surface area contributed by atoms with Crippen LogP contribution in [0.2, 0.25) is 0 Å². The Morgan fingerprint density at radius 2 is 1.39 bits per heavy atom. The van der Waals surface area contributed by atoms with Gasteiger partial charge in [0.25, 0.3) is 10.1 Å². The standard InChI is InChI=1S/C30H27N9O17S5/c1-16-2-3-18(59(44,45)11-10-52-61(49,50)51)12-21(16)37-38-23-15-26(58-56-54-43)20(31)14-22(23)32-28-34-29(36-30(35-28)39-8-6-17(7-9-39)27(40)41)33-24-13-19(60(46,47)48)4-5-25(24)57-55-53-42/h2-9,12-15H,10-11H2,1H3,(H8-,31,32,33,34,35,36,37,40,41,42,43,46,47,48,49,50,51)/p+1. The number of carboxylic acids is 1. The second kappa shape index (κ2) is 19.9. The molecule has 61 heavy (non-hydrogen) atoms. The van der Waals surface area contributed by atoms with Crippen LogP contribution < -0.4 is 20.9 Å². The molecule has 0 radical (unpaired) electrons. The van der Waals surface area contributed by atoms with Crippen LogP contribution >= 0.6 is 24.1 Å². The SMILES string of the molecule is Cc1ccc(S(=O)(=O)CCOS(=O)(=O)O)cc1N=Nc1cc(SOOO)c(N)cc1Nc1nc(Nc2cc(S(=O)(=O)O)ccc2SOOO)nc(-[n+]2ccc(C(=O)O)cc2)n1. The molecule has 0 saturated heterocycles. The number of azo groups is 1. The van der Waals surface area contributed by atoms with Crippen molar-refractivity contribution < 1.29 is 82.3 Å². The Labute approximate surface area is 352 Å². The summed E-state index contributed by atoms with van der Waals surface area (Å²) in [7, 11) is -13.8. The van der Waals surface area contributed by atoms with Crippen LogP contribution in [0.25, 0.3) is 5.95 Å². The zero-order valence-corrected chi connectivity index (χ0v) is 34.4. The Kier molecular flexibility index (Phi) is 15.2. The lowest BCUT2D eigenvalue weighted by atomic mass is 10.2. The molecule has 324 valence electrons. The van der Waals surface area contributed by atoms with Crippen LogP contribution in [-0.2, 0) is 53.3 Å². The van der Waals surface area contributed by atoms with Gasteiger partial charge in [0.2, 0.25) is 0 Å². The number of carboxylic acid groups (broad SMARTS) is 1. The average molecular weight is 947 g/mol. The van der Waals surface area contributed by atoms with Crippen molar-refractivity contribution in [2.75, 3.05) is 28.7 Å². The number of rotatable bonds is 20. The second-order valence-electron chi connectivity index (χ2n) is 11.5. The maximum Gasteiger partial charge on any atom is 0.444 e. The first kappa shape index (κ1) is 46.5. The maximum atomic E-state index is 12.9. The van der Waals surface area contributed by atoms with E-state index < -0.39 is 53.6 Å². The van der Waals surface area contributed by atoms with E-state index in [1.165, 1.54) is 59.4 Å². The van der Waals surface area contributed by atoms with Gasteiger partial charge in [-0.2, -0.15) is 21.9 Å². The molecule has 9 N–H and O–H groups in total. The van der Waals surface area contributed by atoms with Gasteiger partial charge in [0.05, 0.1) is 91.0 Å². The number of aryl methyl sites for hydroxylation is 1. The molecule has 31 heteroatoms. The molecule has 2 aromatic heterocycles. The van der Waals surface area contributed by atoms with E-state index in [2.05, 4.69) is 58.7 Å². The van der Waals surface area contributed by atoms with Crippen molar-refractivity contribution >= 4 is 101 Å². The molecule has 0 bridgehead atoms. The van der Waals surface area contributed by atoms with Crippen molar-refractivity contribution in [3.8, 4) is 5.95 Å². The third kappa shape index (κ3) is 13.0. The molecule has 0 aliphatic carbocycles. The van der Waals surface area contributed by atoms with Crippen LogP contribution in [0, 0.1) is 6.92 Å². The molecule has 0 atom stereocenters. The Balaban J connectivity index is 1.60. The number of benzene rings is 3. The largest absolute Gasteiger partial charge is 0.478 e. The summed E-state index contributed by atoms with van der Waals surface area (Å²) in [6, 6.07) is 12.1. The van der Waals surface area contributed by atoms with E-state index in [1.54, 1.807) is 6.92 Å². The number of sulfone groups is 1. The molecule has 0 saturated carbocycles. The van der Waals surface area contributed by atoms with Crippen LogP contribution in [0.3, 0.4) is 0 Å². The van der Waals surface area contributed by atoms with Crippen molar-refractivity contribution in [2.24, 2.45) is 10.2 Å². The van der Waals surface area contributed by atoms with E-state index in [-0.39, 0.29) is 66.5 Å². The van der Waals surface area contributed by atoms with Crippen molar-refractivity contribution in [1.82, 2.24) is 15.0 Å². The summed E-state index contributed by atoms with van der Waals surface area (Å²) in [6.45, 7) is 0.709. The van der Waals surface area contributed by atoms with Gasteiger partial charge in [-0.15, -0.1) is 18.8 Å². The molecular weight excluding hydrogens is 919 g/mol. The molecule has 26 nitrogen and oxygen atoms in total. The minimum absolute atomic E-state index is 0.000873. The fourth-order valence-corrected chi connectivity index (χ4v) is 7.54. The van der Waals surface area contributed by atoms with Crippen LogP contribution in [0.4, 0.5) is 40.3 Å². The zero-order chi connectivity index (χ0) is 44.5. The quantitative estimate of drug-likeness (QED) is 0.0102. The van der Waals surface area contributed by atoms with Gasteiger partial charge in [0, 0.05) is 5.69 Å². The summed E-state index contributed by atoms with van der Waals surface area (Å²) < 4.78 is 105. The molecule has 0 aliphatic rings. The predicted octanol–water partition coefficient (Wildman–Crippen LogP) is 4.34. The first-order chi connectivity index (χ1) is 28.8. The average Bonchev–Trinajstić information content (AvgIpc) is 3.19. The summed E-state index contributed by atoms with van der Waals surface area (Å²) in [4.78, 5) is 23.9. The number of nitrogens with one attached hydrogen (secondary N) is 2. The molecule has 0 fully saturated rings. The monoisotopic (exact) mass is 946 g/mol. The minimum atomic E-state index is -4.90. The molecule has 0 spiro atoms. The number of nitrogen functional groups attached to an aromatic ring is 1. The van der Waals surface area contributed by atoms with E-state index in [9.17, 15) is 39.7 Å². The highest BCUT2D eigenvalue weighted by Crippen LogP contribution is 2.39. The molecule has 3 aromatic carbocycles. The van der Waals surface area contributed by atoms with Crippen molar-refractivity contribution in [3.63, 3.8) is 0 Å². The van der Waals surface area contributed by atoms with Crippen molar-refractivity contribution in [2.45, 2.75) is 26.5 Å². The third-order valence-electron chi connectivity index (χ3n) is 7.50. The topological polar surface area (TPSA) is 384 Å². The molecule has 0 aliphatic heterocycles. The Morgan fingerprint density at radius 3 is 2.00 bits per heavy atom. The minimum Gasteiger partial charge on any atom is -0.478 e. The van der Waals surface area contributed by atoms with E-state index in [0.717, 1.165) is 18.2 Å². The predicted molar refractivity (Wildman–Crippen MR) is 208 cm³/mol. The Bertz CT molecular complexity index is 2800. The highest BCUT2D eigenvalue weighted by Gasteiger charge is 2.23. The third-order valence-corrected chi connectivity index (χ3v) is 11.8. The smallest absolute Gasteiger partial charge is 0.444 e. The number of pyridine rings is 1. The number of anilines is 5. The lowest BCUT2D eigenvalue weighted by molar-refractivity contribution is -0.603. The van der Waals surface area contributed by atoms with Gasteiger partial charge in [-0.05, 0) is 77.1 Å². The number of aromatic carboxylic acids is 1. The summed E-state index contributed by atoms with van der Waals surface area (Å²) in [5.74, 6) is -2.81. The van der Waals surface area contributed by atoms with E-state index in [1.807, 2.05) is 0 Å². The first-order valence-corrected chi connectivity index (χ1v) is 22.0. The highest BCUT2D eigenvalue weighted by atomic mass is 32.3. The van der Waals surface area contributed by atoms with Crippen LogP contribution in [0.5, 0.6) is 0 Å². The number of carbonyl (C=O) groups is 1. The number of nitrogens with zero attached hydrogens (tertiary/aromatic N) is 6. The van der Waals surface area contributed by atoms with Gasteiger partial charge in [0.1, 0.15) is 5.69 Å². The van der Waals surface area contributed by atoms with Crippen molar-refractivity contribution in [3.05, 3.63) is 84.2 Å². The summed E-state index contributed by atoms with van der Waals surface area (Å²) >= 11 is 0.877. The maximum absolute atomic E-state index is 12.9. The second-order valence-corrected chi connectivity index (χ2v) is 17.6. The fraction of sp³-hybridized carbons (Fsp3) is 0.100. The number of nitrogens with two attached hydrogens (primary N) is 1. The van der Waals surface area contributed by atoms with Crippen molar-refractivity contribution in [1.29, 1.82) is 0 Å². The van der Waals surface area contributed by atoms with Gasteiger partial charge < -0.3 is 21.5 Å². The molecule has 0 amide bonds. The lowest BCUT2D eigenvalue weighted by Crippen LogP contribution is -2.33. The lowest BCUT2D eigenvalue weighted by Gasteiger charge is -2.12. The van der Waals surface area contributed by atoms with Gasteiger partial charge in [0.15, 0.2) is 9.84 Å². The van der Waals surface area contributed by atoms with Gasteiger partial charge in [-0.3, -0.25) is 9.11 Å². The molecule has 5 aromatic rings. The molecule has 5 rings (SSSR count). The normalized spacial score (nSPS) is 12.1. The fourth-order valence-electron chi connectivity index (χ4n) is 4.68. The summed E-state index contributed by atoms with van der Waals surface area (Å²) in [5, 5.41) is 48.3. The summed E-state index contributed by atoms with van der Waals surface area (Å²) in [6.07, 6.45) is 2.62. The van der Waals surface area contributed by atoms with Gasteiger partial charge in [-0.1, -0.05) is 16.1 Å². The number of hydrogen-bond acceptors (Lipinski definition) is 24. The molecular formula is C30H28N9O17S5+. The Morgan fingerprint density at radius 1 is 0.787 bits per heavy atom. The summed E-state index contributed by atoms with van der Waals surface area (Å²) in [5.41, 5.74) is 6.47. The van der Waals surface area contributed by atoms with E-state index >= 15 is 0 Å².